The number of hydrogen-bond donors (Lipinski definition) is 2. The van der Waals surface area contributed by atoms with Crippen LogP contribution in [0.3, 0.4) is 0 Å². The Bertz CT molecular complexity index is 744. The molecule has 19 heavy (non-hydrogen) atoms. The molecule has 0 bridgehead atoms. The van der Waals surface area contributed by atoms with Crippen LogP contribution in [0.15, 0.2) is 24.3 Å². The standard InChI is InChI=1S/C14H16N5/c1-3-8-19-12-9-6-4-5-7-10(9)17-13(15)11(12)18-14(19)16-2/h4-7H,1,3,8H2,2H3,(H2,15,17)(H,16,18). The van der Waals surface area contributed by atoms with E-state index in [9.17, 15) is 0 Å². The van der Waals surface area contributed by atoms with Gasteiger partial charge in [0.25, 0.3) is 0 Å². The summed E-state index contributed by atoms with van der Waals surface area (Å²) >= 11 is 0. The molecule has 2 aromatic heterocycles. The van der Waals surface area contributed by atoms with Crippen LogP contribution in [0.2, 0.25) is 0 Å². The number of benzene rings is 1. The minimum absolute atomic E-state index is 0.466. The normalized spacial score (nSPS) is 11.3. The smallest absolute Gasteiger partial charge is 0.203 e. The molecule has 5 heteroatoms. The second-order valence-corrected chi connectivity index (χ2v) is 4.40. The highest BCUT2D eigenvalue weighted by molar-refractivity contribution is 6.07. The average molecular weight is 254 g/mol. The Kier molecular flexibility index (Phi) is 2.74. The number of pyridine rings is 1. The lowest BCUT2D eigenvalue weighted by molar-refractivity contribution is 0.737. The minimum Gasteiger partial charge on any atom is -0.382 e. The first-order chi connectivity index (χ1) is 9.26. The van der Waals surface area contributed by atoms with Gasteiger partial charge in [-0.2, -0.15) is 0 Å². The highest BCUT2D eigenvalue weighted by atomic mass is 15.2. The Labute approximate surface area is 111 Å². The van der Waals surface area contributed by atoms with E-state index in [4.69, 9.17) is 5.73 Å². The first kappa shape index (κ1) is 11.8. The first-order valence-electron chi connectivity index (χ1n) is 6.27. The molecule has 5 nitrogen and oxygen atoms in total. The summed E-state index contributed by atoms with van der Waals surface area (Å²) in [5.74, 6) is 1.26. The second-order valence-electron chi connectivity index (χ2n) is 4.40. The van der Waals surface area contributed by atoms with Gasteiger partial charge in [-0.3, -0.25) is 0 Å². The number of aromatic nitrogens is 3. The zero-order valence-electron chi connectivity index (χ0n) is 10.8. The number of aryl methyl sites for hydroxylation is 1. The van der Waals surface area contributed by atoms with Crippen molar-refractivity contribution in [1.82, 2.24) is 14.5 Å². The Morgan fingerprint density at radius 2 is 2.11 bits per heavy atom. The molecule has 97 valence electrons. The van der Waals surface area contributed by atoms with Gasteiger partial charge in [-0.1, -0.05) is 25.1 Å². The summed E-state index contributed by atoms with van der Waals surface area (Å²) in [6.07, 6.45) is 0.788. The van der Waals surface area contributed by atoms with E-state index in [2.05, 4.69) is 26.8 Å². The number of nitrogens with one attached hydrogen (secondary N) is 1. The van der Waals surface area contributed by atoms with E-state index in [1.807, 2.05) is 31.3 Å². The quantitative estimate of drug-likeness (QED) is 0.753. The highest BCUT2D eigenvalue weighted by Gasteiger charge is 2.15. The van der Waals surface area contributed by atoms with E-state index in [-0.39, 0.29) is 0 Å². The molecular weight excluding hydrogens is 238 g/mol. The molecule has 0 atom stereocenters. The third-order valence-corrected chi connectivity index (χ3v) is 3.22. The van der Waals surface area contributed by atoms with Crippen LogP contribution in [0.5, 0.6) is 0 Å². The van der Waals surface area contributed by atoms with E-state index in [0.717, 1.165) is 40.9 Å². The maximum absolute atomic E-state index is 6.03. The molecule has 0 aliphatic rings. The zero-order valence-corrected chi connectivity index (χ0v) is 10.8. The summed E-state index contributed by atoms with van der Waals surface area (Å²) in [7, 11) is 1.85. The Morgan fingerprint density at radius 1 is 1.32 bits per heavy atom. The molecule has 1 aromatic carbocycles. The van der Waals surface area contributed by atoms with Crippen molar-refractivity contribution >= 4 is 33.7 Å². The lowest BCUT2D eigenvalue weighted by atomic mass is 10.2. The molecular formula is C14H16N5. The largest absolute Gasteiger partial charge is 0.382 e. The summed E-state index contributed by atoms with van der Waals surface area (Å²) in [5, 5.41) is 4.17. The SMILES string of the molecule is [CH2]CCn1c(NC)nc2c(N)nc3ccccc3c21. The minimum atomic E-state index is 0.466. The van der Waals surface area contributed by atoms with Crippen molar-refractivity contribution in [2.75, 3.05) is 18.1 Å². The van der Waals surface area contributed by atoms with Crippen molar-refractivity contribution in [1.29, 1.82) is 0 Å². The molecule has 1 radical (unpaired) electrons. The molecule has 3 N–H and O–H groups in total. The van der Waals surface area contributed by atoms with Crippen molar-refractivity contribution in [2.24, 2.45) is 0 Å². The van der Waals surface area contributed by atoms with Crippen LogP contribution >= 0.6 is 0 Å². The number of imidazole rings is 1. The van der Waals surface area contributed by atoms with Gasteiger partial charge < -0.3 is 15.6 Å². The van der Waals surface area contributed by atoms with Crippen LogP contribution in [0.4, 0.5) is 11.8 Å². The first-order valence-corrected chi connectivity index (χ1v) is 6.27. The van der Waals surface area contributed by atoms with Gasteiger partial charge in [0.05, 0.1) is 11.0 Å². The van der Waals surface area contributed by atoms with Crippen LogP contribution in [0.1, 0.15) is 6.42 Å². The van der Waals surface area contributed by atoms with Gasteiger partial charge in [-0.15, -0.1) is 0 Å². The molecule has 0 aliphatic heterocycles. The van der Waals surface area contributed by atoms with Gasteiger partial charge in [0.15, 0.2) is 5.82 Å². The molecule has 3 rings (SSSR count). The van der Waals surface area contributed by atoms with Crippen molar-refractivity contribution in [3.8, 4) is 0 Å². The maximum Gasteiger partial charge on any atom is 0.203 e. The highest BCUT2D eigenvalue weighted by Crippen LogP contribution is 2.30. The Balaban J connectivity index is 2.49. The molecule has 0 fully saturated rings. The van der Waals surface area contributed by atoms with Gasteiger partial charge in [0.2, 0.25) is 5.95 Å². The predicted octanol–water partition coefficient (Wildman–Crippen LogP) is 2.43. The lowest BCUT2D eigenvalue weighted by Crippen LogP contribution is -2.03. The predicted molar refractivity (Wildman–Crippen MR) is 79.0 cm³/mol. The fourth-order valence-corrected chi connectivity index (χ4v) is 2.43. The van der Waals surface area contributed by atoms with Crippen molar-refractivity contribution in [2.45, 2.75) is 13.0 Å². The third kappa shape index (κ3) is 1.69. The van der Waals surface area contributed by atoms with Crippen molar-refractivity contribution in [3.05, 3.63) is 31.2 Å². The summed E-state index contributed by atoms with van der Waals surface area (Å²) in [6.45, 7) is 4.71. The number of hydrogen-bond acceptors (Lipinski definition) is 4. The van der Waals surface area contributed by atoms with Crippen molar-refractivity contribution < 1.29 is 0 Å². The summed E-state index contributed by atoms with van der Waals surface area (Å²) in [6, 6.07) is 7.97. The molecule has 0 unspecified atom stereocenters. The van der Waals surface area contributed by atoms with E-state index < -0.39 is 0 Å². The van der Waals surface area contributed by atoms with Gasteiger partial charge in [-0.05, 0) is 12.5 Å². The number of para-hydroxylation sites is 1. The van der Waals surface area contributed by atoms with Crippen molar-refractivity contribution in [3.63, 3.8) is 0 Å². The fourth-order valence-electron chi connectivity index (χ4n) is 2.43. The third-order valence-electron chi connectivity index (χ3n) is 3.22. The second kappa shape index (κ2) is 4.42. The Hall–Kier alpha value is -2.30. The Morgan fingerprint density at radius 3 is 2.84 bits per heavy atom. The number of rotatable bonds is 3. The van der Waals surface area contributed by atoms with Gasteiger partial charge >= 0.3 is 0 Å². The van der Waals surface area contributed by atoms with Crippen LogP contribution in [0, 0.1) is 6.92 Å². The van der Waals surface area contributed by atoms with E-state index >= 15 is 0 Å². The summed E-state index contributed by atoms with van der Waals surface area (Å²) in [5.41, 5.74) is 8.69. The molecule has 0 aliphatic carbocycles. The molecule has 0 saturated heterocycles. The molecule has 3 aromatic rings. The van der Waals surface area contributed by atoms with Crippen LogP contribution in [0.25, 0.3) is 21.9 Å². The van der Waals surface area contributed by atoms with E-state index in [1.165, 1.54) is 0 Å². The molecule has 0 saturated carbocycles. The zero-order chi connectivity index (χ0) is 13.4. The van der Waals surface area contributed by atoms with Gasteiger partial charge in [-0.25, -0.2) is 9.97 Å². The fraction of sp³-hybridized carbons (Fsp3) is 0.214. The number of anilines is 2. The van der Waals surface area contributed by atoms with Gasteiger partial charge in [0, 0.05) is 19.0 Å². The van der Waals surface area contributed by atoms with E-state index in [1.54, 1.807) is 0 Å². The number of nitrogens with two attached hydrogens (primary N) is 1. The van der Waals surface area contributed by atoms with Crippen LogP contribution in [-0.2, 0) is 6.54 Å². The molecule has 0 spiro atoms. The van der Waals surface area contributed by atoms with Gasteiger partial charge in [0.1, 0.15) is 5.52 Å². The average Bonchev–Trinajstić information content (AvgIpc) is 2.79. The number of nitrogen functional groups attached to an aromatic ring is 1. The molecule has 0 amide bonds. The summed E-state index contributed by atoms with van der Waals surface area (Å²) in [4.78, 5) is 8.95. The monoisotopic (exact) mass is 254 g/mol. The number of nitrogens with zero attached hydrogens (tertiary/aromatic N) is 3. The van der Waals surface area contributed by atoms with Crippen LogP contribution < -0.4 is 11.1 Å². The number of fused-ring (bicyclic) bond motifs is 3. The van der Waals surface area contributed by atoms with E-state index in [0.29, 0.717) is 5.82 Å². The maximum atomic E-state index is 6.03. The molecule has 2 heterocycles. The lowest BCUT2D eigenvalue weighted by Gasteiger charge is -2.08. The topological polar surface area (TPSA) is 68.8 Å². The van der Waals surface area contributed by atoms with Crippen LogP contribution in [-0.4, -0.2) is 21.6 Å². The summed E-state index contributed by atoms with van der Waals surface area (Å²) < 4.78 is 2.11.